The van der Waals surface area contributed by atoms with Crippen molar-refractivity contribution in [2.45, 2.75) is 31.3 Å². The van der Waals surface area contributed by atoms with Crippen LogP contribution in [0.25, 0.3) is 0 Å². The third-order valence-corrected chi connectivity index (χ3v) is 7.62. The van der Waals surface area contributed by atoms with E-state index in [-0.39, 0.29) is 35.3 Å². The van der Waals surface area contributed by atoms with E-state index in [1.165, 1.54) is 62.4 Å². The summed E-state index contributed by atoms with van der Waals surface area (Å²) in [5.41, 5.74) is 0.990. The van der Waals surface area contributed by atoms with Crippen LogP contribution >= 0.6 is 0 Å². The molecule has 0 spiro atoms. The quantitative estimate of drug-likeness (QED) is 0.351. The largest absolute Gasteiger partial charge is 0.497 e. The maximum absolute atomic E-state index is 13.8. The number of amides is 3. The lowest BCUT2D eigenvalue weighted by atomic mass is 9.86. The normalized spacial score (nSPS) is 19.7. The lowest BCUT2D eigenvalue weighted by molar-refractivity contribution is -0.154. The molecule has 5 rings (SSSR count). The van der Waals surface area contributed by atoms with Gasteiger partial charge in [-0.25, -0.2) is 0 Å². The Balaban J connectivity index is 1.54. The van der Waals surface area contributed by atoms with Gasteiger partial charge in [-0.15, -0.1) is 0 Å². The molecule has 0 saturated carbocycles. The van der Waals surface area contributed by atoms with E-state index in [1.54, 1.807) is 24.4 Å². The second-order valence-electron chi connectivity index (χ2n) is 9.73. The first-order valence-corrected chi connectivity index (χ1v) is 13.0. The predicted molar refractivity (Wildman–Crippen MR) is 146 cm³/mol. The number of methoxy groups -OCH3 is 5. The third kappa shape index (κ3) is 4.68. The molecule has 2 aromatic carbocycles. The number of fused-ring (bicyclic) bond motifs is 4. The van der Waals surface area contributed by atoms with Crippen LogP contribution < -0.4 is 28.6 Å². The van der Waals surface area contributed by atoms with Crippen molar-refractivity contribution in [2.24, 2.45) is 0 Å². The van der Waals surface area contributed by atoms with Crippen molar-refractivity contribution >= 4 is 29.2 Å². The standard InChI is InChI=1S/C29H31N3O9/c1-37-18-11-17(12-19(13-18)38-2)30-14-22-20-7-6-8-21(28(35)31(22)15-25(30)33)32(20)29(36)26(34)16-9-23(39-3)27(41-5)24(10-16)40-4/h9-14,20-21H,6-8,15H2,1-5H3/t20-,21+/m1/s1. The van der Waals surface area contributed by atoms with Gasteiger partial charge in [-0.2, -0.15) is 0 Å². The number of ketones is 1. The molecule has 2 fully saturated rings. The summed E-state index contributed by atoms with van der Waals surface area (Å²) >= 11 is 0. The molecule has 2 bridgehead atoms. The van der Waals surface area contributed by atoms with Gasteiger partial charge in [-0.1, -0.05) is 0 Å². The Morgan fingerprint density at radius 3 is 1.95 bits per heavy atom. The summed E-state index contributed by atoms with van der Waals surface area (Å²) in [5.74, 6) is -0.664. The Bertz CT molecular complexity index is 1410. The van der Waals surface area contributed by atoms with Gasteiger partial charge < -0.3 is 33.5 Å². The highest BCUT2D eigenvalue weighted by Crippen LogP contribution is 2.41. The first kappa shape index (κ1) is 27.8. The van der Waals surface area contributed by atoms with Gasteiger partial charge in [-0.05, 0) is 31.4 Å². The van der Waals surface area contributed by atoms with E-state index in [1.807, 2.05) is 0 Å². The zero-order valence-corrected chi connectivity index (χ0v) is 23.5. The van der Waals surface area contributed by atoms with Gasteiger partial charge in [0.2, 0.25) is 11.7 Å². The van der Waals surface area contributed by atoms with E-state index < -0.39 is 29.7 Å². The van der Waals surface area contributed by atoms with E-state index in [0.717, 1.165) is 0 Å². The third-order valence-electron chi connectivity index (χ3n) is 7.62. The number of anilines is 1. The van der Waals surface area contributed by atoms with E-state index in [4.69, 9.17) is 23.7 Å². The second kappa shape index (κ2) is 11.0. The van der Waals surface area contributed by atoms with Crippen molar-refractivity contribution in [3.63, 3.8) is 0 Å². The van der Waals surface area contributed by atoms with Crippen LogP contribution in [0.5, 0.6) is 28.7 Å². The Morgan fingerprint density at radius 2 is 1.39 bits per heavy atom. The number of ether oxygens (including phenoxy) is 5. The minimum Gasteiger partial charge on any atom is -0.497 e. The maximum Gasteiger partial charge on any atom is 0.296 e. The van der Waals surface area contributed by atoms with Gasteiger partial charge in [0.15, 0.2) is 11.5 Å². The fourth-order valence-corrected chi connectivity index (χ4v) is 5.65. The van der Waals surface area contributed by atoms with Crippen molar-refractivity contribution < 1.29 is 42.9 Å². The number of benzene rings is 2. The molecule has 0 aliphatic carbocycles. The summed E-state index contributed by atoms with van der Waals surface area (Å²) in [7, 11) is 7.28. The molecular weight excluding hydrogens is 534 g/mol. The number of hydrogen-bond donors (Lipinski definition) is 0. The summed E-state index contributed by atoms with van der Waals surface area (Å²) in [6.45, 7) is -0.194. The van der Waals surface area contributed by atoms with Crippen LogP contribution in [0.2, 0.25) is 0 Å². The zero-order valence-electron chi connectivity index (χ0n) is 23.5. The molecule has 3 heterocycles. The molecule has 3 aliphatic heterocycles. The van der Waals surface area contributed by atoms with E-state index in [2.05, 4.69) is 0 Å². The fraction of sp³-hybridized carbons (Fsp3) is 0.379. The van der Waals surface area contributed by atoms with Gasteiger partial charge >= 0.3 is 0 Å². The lowest BCUT2D eigenvalue weighted by Gasteiger charge is -2.51. The fourth-order valence-electron chi connectivity index (χ4n) is 5.65. The molecule has 2 atom stereocenters. The number of rotatable bonds is 8. The predicted octanol–water partition coefficient (Wildman–Crippen LogP) is 2.39. The van der Waals surface area contributed by atoms with Gasteiger partial charge in [0, 0.05) is 30.0 Å². The number of carbonyl (C=O) groups excluding carboxylic acids is 4. The van der Waals surface area contributed by atoms with Crippen LogP contribution in [0.1, 0.15) is 29.6 Å². The van der Waals surface area contributed by atoms with Gasteiger partial charge in [0.1, 0.15) is 24.1 Å². The Labute approximate surface area is 236 Å². The zero-order chi connectivity index (χ0) is 29.4. The van der Waals surface area contributed by atoms with Crippen LogP contribution in [-0.2, 0) is 14.4 Å². The van der Waals surface area contributed by atoms with Crippen LogP contribution in [0.15, 0.2) is 42.2 Å². The van der Waals surface area contributed by atoms with E-state index in [9.17, 15) is 19.2 Å². The molecule has 3 aliphatic rings. The molecule has 41 heavy (non-hydrogen) atoms. The van der Waals surface area contributed by atoms with Crippen molar-refractivity contribution in [1.82, 2.24) is 9.80 Å². The summed E-state index contributed by atoms with van der Waals surface area (Å²) in [5, 5.41) is 0. The monoisotopic (exact) mass is 565 g/mol. The first-order chi connectivity index (χ1) is 19.8. The highest BCUT2D eigenvalue weighted by Gasteiger charge is 2.51. The molecule has 0 N–H and O–H groups in total. The van der Waals surface area contributed by atoms with Gasteiger partial charge in [0.05, 0.1) is 53.0 Å². The molecule has 2 saturated heterocycles. The number of hydrogen-bond acceptors (Lipinski definition) is 9. The molecule has 0 unspecified atom stereocenters. The Morgan fingerprint density at radius 1 is 0.780 bits per heavy atom. The summed E-state index contributed by atoms with van der Waals surface area (Å²) in [6, 6.07) is 6.41. The highest BCUT2D eigenvalue weighted by molar-refractivity contribution is 6.43. The summed E-state index contributed by atoms with van der Waals surface area (Å²) in [6.07, 6.45) is 3.14. The van der Waals surface area contributed by atoms with Gasteiger partial charge in [0.25, 0.3) is 17.6 Å². The lowest BCUT2D eigenvalue weighted by Crippen LogP contribution is -2.67. The number of piperidine rings is 1. The van der Waals surface area contributed by atoms with Gasteiger partial charge in [-0.3, -0.25) is 24.1 Å². The molecule has 0 radical (unpaired) electrons. The molecule has 3 amide bonds. The number of Topliss-reactive ketones (excluding diaryl/α,β-unsaturated/α-hetero) is 1. The summed E-state index contributed by atoms with van der Waals surface area (Å²) < 4.78 is 26.7. The molecule has 12 nitrogen and oxygen atoms in total. The van der Waals surface area contributed by atoms with Crippen molar-refractivity contribution in [1.29, 1.82) is 0 Å². The molecular formula is C29H31N3O9. The van der Waals surface area contributed by atoms with Crippen molar-refractivity contribution in [3.8, 4) is 28.7 Å². The smallest absolute Gasteiger partial charge is 0.296 e. The van der Waals surface area contributed by atoms with Crippen molar-refractivity contribution in [2.75, 3.05) is 47.0 Å². The molecule has 0 aromatic heterocycles. The molecule has 2 aromatic rings. The SMILES string of the molecule is COc1cc(OC)cc(N2C=C3[C@H]4CCC[C@@H](C(=O)N3CC2=O)N4C(=O)C(=O)c2cc(OC)c(OC)c(OC)c2)c1. The van der Waals surface area contributed by atoms with Crippen LogP contribution in [0.4, 0.5) is 5.69 Å². The molecule has 12 heteroatoms. The minimum atomic E-state index is -0.861. The second-order valence-corrected chi connectivity index (χ2v) is 9.73. The number of carbonyl (C=O) groups is 4. The topological polar surface area (TPSA) is 124 Å². The van der Waals surface area contributed by atoms with E-state index >= 15 is 0 Å². The van der Waals surface area contributed by atoms with Crippen molar-refractivity contribution in [3.05, 3.63) is 47.8 Å². The summed E-state index contributed by atoms with van der Waals surface area (Å²) in [4.78, 5) is 58.5. The molecule has 216 valence electrons. The van der Waals surface area contributed by atoms with Crippen LogP contribution in [0.3, 0.4) is 0 Å². The minimum absolute atomic E-state index is 0.0374. The Kier molecular flexibility index (Phi) is 7.48. The number of piperazine rings is 1. The van der Waals surface area contributed by atoms with Crippen LogP contribution in [0, 0.1) is 0 Å². The highest BCUT2D eigenvalue weighted by atomic mass is 16.5. The average molecular weight is 566 g/mol. The van der Waals surface area contributed by atoms with Crippen LogP contribution in [-0.4, -0.2) is 87.5 Å². The first-order valence-electron chi connectivity index (χ1n) is 13.0. The Hall–Kier alpha value is -4.74. The number of nitrogens with zero attached hydrogens (tertiary/aromatic N) is 3. The average Bonchev–Trinajstić information content (AvgIpc) is 3.01. The maximum atomic E-state index is 13.8. The van der Waals surface area contributed by atoms with E-state index in [0.29, 0.717) is 42.1 Å².